The minimum absolute atomic E-state index is 0.0306. The highest BCUT2D eigenvalue weighted by Gasteiger charge is 2.34. The van der Waals surface area contributed by atoms with Crippen molar-refractivity contribution in [2.45, 2.75) is 25.8 Å². The Morgan fingerprint density at radius 2 is 1.78 bits per heavy atom. The molecule has 1 aliphatic rings. The molecule has 126 valence electrons. The summed E-state index contributed by atoms with van der Waals surface area (Å²) in [6.07, 6.45) is 1.56. The lowest BCUT2D eigenvalue weighted by Crippen LogP contribution is -2.46. The smallest absolute Gasteiger partial charge is 0.261 e. The molecule has 0 radical (unpaired) electrons. The molecular formula is C17H24N2O4. The van der Waals surface area contributed by atoms with Crippen LogP contribution in [-0.2, 0) is 9.59 Å². The predicted octanol–water partition coefficient (Wildman–Crippen LogP) is 1.54. The van der Waals surface area contributed by atoms with Gasteiger partial charge in [-0.1, -0.05) is 0 Å². The second-order valence-corrected chi connectivity index (χ2v) is 5.67. The predicted molar refractivity (Wildman–Crippen MR) is 86.5 cm³/mol. The van der Waals surface area contributed by atoms with Crippen LogP contribution >= 0.6 is 0 Å². The summed E-state index contributed by atoms with van der Waals surface area (Å²) < 4.78 is 10.9. The van der Waals surface area contributed by atoms with Gasteiger partial charge in [0.05, 0.1) is 6.61 Å². The van der Waals surface area contributed by atoms with E-state index in [2.05, 4.69) is 0 Å². The summed E-state index contributed by atoms with van der Waals surface area (Å²) in [6, 6.07) is 6.78. The Labute approximate surface area is 137 Å². The Morgan fingerprint density at radius 3 is 2.35 bits per heavy atom. The maximum absolute atomic E-state index is 12.3. The first-order valence-corrected chi connectivity index (χ1v) is 7.89. The molecule has 6 heteroatoms. The fourth-order valence-corrected chi connectivity index (χ4v) is 2.65. The Morgan fingerprint density at radius 1 is 1.17 bits per heavy atom. The van der Waals surface area contributed by atoms with Crippen molar-refractivity contribution in [2.75, 3.05) is 33.9 Å². The van der Waals surface area contributed by atoms with Gasteiger partial charge >= 0.3 is 0 Å². The van der Waals surface area contributed by atoms with Gasteiger partial charge in [0.15, 0.2) is 6.61 Å². The number of benzene rings is 1. The first kappa shape index (κ1) is 17.1. The van der Waals surface area contributed by atoms with Gasteiger partial charge in [0.1, 0.15) is 17.5 Å². The lowest BCUT2D eigenvalue weighted by molar-refractivity contribution is -0.143. The fraction of sp³-hybridized carbons (Fsp3) is 0.529. The third-order valence-electron chi connectivity index (χ3n) is 3.80. The molecule has 23 heavy (non-hydrogen) atoms. The number of nitrogens with zero attached hydrogens (tertiary/aromatic N) is 2. The largest absolute Gasteiger partial charge is 0.494 e. The number of carbonyl (C=O) groups excluding carboxylic acids is 2. The van der Waals surface area contributed by atoms with Crippen LogP contribution in [0.25, 0.3) is 0 Å². The minimum Gasteiger partial charge on any atom is -0.494 e. The van der Waals surface area contributed by atoms with E-state index in [4.69, 9.17) is 9.47 Å². The molecule has 1 atom stereocenters. The number of rotatable bonds is 6. The minimum atomic E-state index is -0.360. The molecule has 0 N–H and O–H groups in total. The lowest BCUT2D eigenvalue weighted by Gasteiger charge is -2.26. The van der Waals surface area contributed by atoms with Crippen LogP contribution in [0.4, 0.5) is 0 Å². The molecule has 1 fully saturated rings. The van der Waals surface area contributed by atoms with Gasteiger partial charge in [0.2, 0.25) is 5.91 Å². The number of carbonyl (C=O) groups is 2. The van der Waals surface area contributed by atoms with Crippen LogP contribution in [0.5, 0.6) is 11.5 Å². The monoisotopic (exact) mass is 320 g/mol. The number of likely N-dealkylation sites (N-methyl/N-ethyl adjacent to an activating group) is 1. The van der Waals surface area contributed by atoms with Gasteiger partial charge in [0, 0.05) is 20.6 Å². The van der Waals surface area contributed by atoms with E-state index in [0.717, 1.165) is 12.2 Å². The Hall–Kier alpha value is -2.24. The zero-order valence-corrected chi connectivity index (χ0v) is 13.9. The lowest BCUT2D eigenvalue weighted by atomic mass is 10.2. The van der Waals surface area contributed by atoms with Gasteiger partial charge in [0.25, 0.3) is 5.91 Å². The second-order valence-electron chi connectivity index (χ2n) is 5.67. The number of likely N-dealkylation sites (tertiary alicyclic amines) is 1. The average Bonchev–Trinajstić information content (AvgIpc) is 3.03. The van der Waals surface area contributed by atoms with Crippen LogP contribution in [0.3, 0.4) is 0 Å². The molecule has 0 aromatic heterocycles. The maximum atomic E-state index is 12.3. The normalized spacial score (nSPS) is 17.0. The first-order valence-electron chi connectivity index (χ1n) is 7.89. The van der Waals surface area contributed by atoms with Crippen LogP contribution in [-0.4, -0.2) is 61.5 Å². The molecule has 1 aromatic carbocycles. The molecule has 1 aromatic rings. The summed E-state index contributed by atoms with van der Waals surface area (Å²) in [6.45, 7) is 3.07. The molecular weight excluding hydrogens is 296 g/mol. The van der Waals surface area contributed by atoms with Crippen LogP contribution in [0.15, 0.2) is 24.3 Å². The van der Waals surface area contributed by atoms with E-state index in [1.165, 1.54) is 4.90 Å². The van der Waals surface area contributed by atoms with Gasteiger partial charge in [-0.05, 0) is 44.0 Å². The third-order valence-corrected chi connectivity index (χ3v) is 3.80. The van der Waals surface area contributed by atoms with E-state index in [-0.39, 0.29) is 24.5 Å². The highest BCUT2D eigenvalue weighted by atomic mass is 16.5. The van der Waals surface area contributed by atoms with E-state index in [1.54, 1.807) is 43.3 Å². The third kappa shape index (κ3) is 4.37. The maximum Gasteiger partial charge on any atom is 0.261 e. The summed E-state index contributed by atoms with van der Waals surface area (Å²) in [5.41, 5.74) is 0. The molecule has 1 heterocycles. The fourth-order valence-electron chi connectivity index (χ4n) is 2.65. The van der Waals surface area contributed by atoms with Crippen molar-refractivity contribution >= 4 is 11.8 Å². The van der Waals surface area contributed by atoms with Crippen molar-refractivity contribution in [3.63, 3.8) is 0 Å². The van der Waals surface area contributed by atoms with E-state index in [9.17, 15) is 9.59 Å². The molecule has 2 amide bonds. The van der Waals surface area contributed by atoms with Crippen LogP contribution < -0.4 is 9.47 Å². The quantitative estimate of drug-likeness (QED) is 0.798. The van der Waals surface area contributed by atoms with E-state index in [0.29, 0.717) is 25.3 Å². The molecule has 0 aliphatic carbocycles. The SMILES string of the molecule is CCOc1ccc(OCC(=O)N2CCCC2C(=O)N(C)C)cc1. The summed E-state index contributed by atoms with van der Waals surface area (Å²) in [5, 5.41) is 0. The van der Waals surface area contributed by atoms with Gasteiger partial charge in [-0.3, -0.25) is 9.59 Å². The summed E-state index contributed by atoms with van der Waals surface area (Å²) in [7, 11) is 3.42. The molecule has 1 aliphatic heterocycles. The van der Waals surface area contributed by atoms with Gasteiger partial charge in [-0.2, -0.15) is 0 Å². The molecule has 1 unspecified atom stereocenters. The van der Waals surface area contributed by atoms with Crippen molar-refractivity contribution in [2.24, 2.45) is 0 Å². The van der Waals surface area contributed by atoms with Crippen LogP contribution in [0.1, 0.15) is 19.8 Å². The highest BCUT2D eigenvalue weighted by Crippen LogP contribution is 2.20. The summed E-state index contributed by atoms with van der Waals surface area (Å²) in [5.74, 6) is 1.19. The molecule has 6 nitrogen and oxygen atoms in total. The van der Waals surface area contributed by atoms with E-state index < -0.39 is 0 Å². The zero-order chi connectivity index (χ0) is 16.8. The van der Waals surface area contributed by atoms with Gasteiger partial charge in [-0.25, -0.2) is 0 Å². The topological polar surface area (TPSA) is 59.1 Å². The van der Waals surface area contributed by atoms with Gasteiger partial charge in [-0.15, -0.1) is 0 Å². The first-order chi connectivity index (χ1) is 11.0. The second kappa shape index (κ2) is 7.85. The van der Waals surface area contributed by atoms with Crippen molar-refractivity contribution in [3.8, 4) is 11.5 Å². The van der Waals surface area contributed by atoms with E-state index >= 15 is 0 Å². The Balaban J connectivity index is 1.89. The number of hydrogen-bond donors (Lipinski definition) is 0. The van der Waals surface area contributed by atoms with Crippen LogP contribution in [0.2, 0.25) is 0 Å². The van der Waals surface area contributed by atoms with Crippen molar-refractivity contribution in [1.82, 2.24) is 9.80 Å². The molecule has 2 rings (SSSR count). The van der Waals surface area contributed by atoms with Crippen molar-refractivity contribution < 1.29 is 19.1 Å². The van der Waals surface area contributed by atoms with Crippen LogP contribution in [0, 0.1) is 0 Å². The highest BCUT2D eigenvalue weighted by molar-refractivity contribution is 5.88. The molecule has 1 saturated heterocycles. The van der Waals surface area contributed by atoms with Crippen molar-refractivity contribution in [1.29, 1.82) is 0 Å². The summed E-state index contributed by atoms with van der Waals surface area (Å²) in [4.78, 5) is 27.6. The van der Waals surface area contributed by atoms with E-state index in [1.807, 2.05) is 6.92 Å². The zero-order valence-electron chi connectivity index (χ0n) is 13.9. The Kier molecular flexibility index (Phi) is 5.84. The van der Waals surface area contributed by atoms with Crippen molar-refractivity contribution in [3.05, 3.63) is 24.3 Å². The molecule has 0 saturated carbocycles. The summed E-state index contributed by atoms with van der Waals surface area (Å²) >= 11 is 0. The molecule has 0 spiro atoms. The number of hydrogen-bond acceptors (Lipinski definition) is 4. The van der Waals surface area contributed by atoms with Gasteiger partial charge < -0.3 is 19.3 Å². The average molecular weight is 320 g/mol. The Bertz CT molecular complexity index is 542. The number of amides is 2. The molecule has 0 bridgehead atoms. The standard InChI is InChI=1S/C17H24N2O4/c1-4-22-13-7-9-14(10-8-13)23-12-16(20)19-11-5-6-15(19)17(21)18(2)3/h7-10,15H,4-6,11-12H2,1-3H3. The number of ether oxygens (including phenoxy) is 2.